The van der Waals surface area contributed by atoms with E-state index in [9.17, 15) is 27.5 Å². The summed E-state index contributed by atoms with van der Waals surface area (Å²) in [5.74, 6) is -2.60. The first-order valence-corrected chi connectivity index (χ1v) is 21.1. The van der Waals surface area contributed by atoms with Crippen molar-refractivity contribution in [1.82, 2.24) is 49.8 Å². The van der Waals surface area contributed by atoms with Crippen molar-refractivity contribution in [3.05, 3.63) is 120 Å². The normalized spacial score (nSPS) is 20.1. The summed E-state index contributed by atoms with van der Waals surface area (Å²) in [5.41, 5.74) is 19.6. The monoisotopic (exact) mass is 952 g/mol. The van der Waals surface area contributed by atoms with Crippen molar-refractivity contribution < 1.29 is 36.5 Å². The minimum absolute atomic E-state index is 0. The summed E-state index contributed by atoms with van der Waals surface area (Å²) < 4.78 is 68.6. The molecule has 4 aliphatic rings. The summed E-state index contributed by atoms with van der Waals surface area (Å²) in [4.78, 5) is 30.5. The fraction of sp³-hybridized carbons (Fsp3) is 0.267. The fourth-order valence-electron chi connectivity index (χ4n) is 9.94. The highest BCUT2D eigenvalue weighted by atomic mass is 35.5. The van der Waals surface area contributed by atoms with E-state index in [1.165, 1.54) is 58.5 Å². The lowest BCUT2D eigenvalue weighted by Gasteiger charge is -2.59. The van der Waals surface area contributed by atoms with E-state index in [0.29, 0.717) is 52.4 Å². The number of nitrogens with one attached hydrogen (secondary N) is 1. The smallest absolute Gasteiger partial charge is 0.230 e. The molecule has 12 rings (SSSR count). The van der Waals surface area contributed by atoms with E-state index in [4.69, 9.17) is 26.2 Å². The Hall–Kier alpha value is -7.72. The van der Waals surface area contributed by atoms with E-state index in [-0.39, 0.29) is 77.2 Å². The number of aromatic nitrogens is 10. The number of carbonyl (C=O) groups excluding carboxylic acids is 1. The molecular formula is C45H41ClF4N14O4. The molecule has 6 aromatic heterocycles. The number of amides is 1. The Balaban J connectivity index is 0.000000180. The van der Waals surface area contributed by atoms with Crippen LogP contribution < -0.4 is 22.5 Å². The van der Waals surface area contributed by atoms with Crippen LogP contribution >= 0.6 is 12.4 Å². The van der Waals surface area contributed by atoms with Crippen molar-refractivity contribution in [2.24, 2.45) is 17.3 Å². The minimum atomic E-state index is -0.961. The van der Waals surface area contributed by atoms with Crippen molar-refractivity contribution >= 4 is 41.3 Å². The molecular weight excluding hydrogens is 912 g/mol. The lowest BCUT2D eigenvalue weighted by Crippen LogP contribution is -2.59. The zero-order chi connectivity index (χ0) is 46.6. The Morgan fingerprint density at radius 3 is 1.71 bits per heavy atom. The Morgan fingerprint density at radius 1 is 0.721 bits per heavy atom. The number of carbonyl (C=O) groups is 1. The van der Waals surface area contributed by atoms with Crippen LogP contribution in [0.5, 0.6) is 0 Å². The Labute approximate surface area is 389 Å². The van der Waals surface area contributed by atoms with Gasteiger partial charge in [-0.1, -0.05) is 34.6 Å². The molecule has 0 radical (unpaired) electrons. The van der Waals surface area contributed by atoms with Crippen LogP contribution in [0.3, 0.4) is 0 Å². The zero-order valence-electron chi connectivity index (χ0n) is 35.7. The maximum atomic E-state index is 14.4. The summed E-state index contributed by atoms with van der Waals surface area (Å²) in [6, 6.07) is 14.4. The fourth-order valence-corrected chi connectivity index (χ4v) is 9.94. The number of hydrogen-bond acceptors (Lipinski definition) is 15. The predicted molar refractivity (Wildman–Crippen MR) is 240 cm³/mol. The third-order valence-electron chi connectivity index (χ3n) is 12.5. The first-order chi connectivity index (χ1) is 32.2. The van der Waals surface area contributed by atoms with E-state index in [1.54, 1.807) is 24.3 Å². The number of anilines is 4. The first kappa shape index (κ1) is 45.4. The molecule has 8 N–H and O–H groups in total. The van der Waals surface area contributed by atoms with Gasteiger partial charge in [0.2, 0.25) is 5.91 Å². The van der Waals surface area contributed by atoms with Gasteiger partial charge in [0.25, 0.3) is 0 Å². The van der Waals surface area contributed by atoms with Crippen molar-refractivity contribution in [2.75, 3.05) is 22.5 Å². The average Bonchev–Trinajstić information content (AvgIpc) is 4.14. The van der Waals surface area contributed by atoms with Crippen LogP contribution in [0.15, 0.2) is 94.6 Å². The second-order valence-corrected chi connectivity index (χ2v) is 17.3. The Kier molecular flexibility index (Phi) is 11.9. The van der Waals surface area contributed by atoms with Crippen LogP contribution in [0.2, 0.25) is 0 Å². The van der Waals surface area contributed by atoms with Gasteiger partial charge in [-0.25, -0.2) is 37.5 Å². The first-order valence-electron chi connectivity index (χ1n) is 21.1. The van der Waals surface area contributed by atoms with Crippen LogP contribution in [-0.2, 0) is 17.9 Å². The van der Waals surface area contributed by atoms with Gasteiger partial charge in [0.15, 0.2) is 46.6 Å². The lowest BCUT2D eigenvalue weighted by atomic mass is 9.47. The molecule has 350 valence electrons. The predicted octanol–water partition coefficient (Wildman–Crippen LogP) is 7.08. The number of hydrogen-bond donors (Lipinski definition) is 5. The average molecular weight is 953 g/mol. The number of halogens is 5. The summed E-state index contributed by atoms with van der Waals surface area (Å²) >= 11 is 0. The van der Waals surface area contributed by atoms with Crippen LogP contribution in [-0.4, -0.2) is 66.4 Å². The third kappa shape index (κ3) is 8.70. The molecule has 0 aliphatic heterocycles. The molecule has 4 fully saturated rings. The van der Waals surface area contributed by atoms with Gasteiger partial charge in [-0.2, -0.15) is 10.2 Å². The van der Waals surface area contributed by atoms with E-state index in [1.807, 2.05) is 0 Å². The highest BCUT2D eigenvalue weighted by molar-refractivity contribution is 5.97. The molecule has 6 heterocycles. The van der Waals surface area contributed by atoms with Crippen molar-refractivity contribution in [3.63, 3.8) is 0 Å². The Morgan fingerprint density at radius 2 is 1.24 bits per heavy atom. The number of benzene rings is 2. The van der Waals surface area contributed by atoms with Gasteiger partial charge in [0.1, 0.15) is 41.0 Å². The topological polar surface area (TPSA) is 267 Å². The van der Waals surface area contributed by atoms with Gasteiger partial charge in [0, 0.05) is 23.3 Å². The minimum Gasteiger partial charge on any atom is -0.394 e. The maximum absolute atomic E-state index is 14.4. The number of rotatable bonds is 10. The highest BCUT2D eigenvalue weighted by Gasteiger charge is 2.60. The molecule has 4 bridgehead atoms. The molecule has 2 atom stereocenters. The van der Waals surface area contributed by atoms with Crippen LogP contribution in [0.4, 0.5) is 40.6 Å². The van der Waals surface area contributed by atoms with E-state index < -0.39 is 34.3 Å². The van der Waals surface area contributed by atoms with Crippen LogP contribution in [0, 0.1) is 40.5 Å². The quantitative estimate of drug-likeness (QED) is 0.0857. The highest BCUT2D eigenvalue weighted by Crippen LogP contribution is 2.62. The van der Waals surface area contributed by atoms with E-state index in [0.717, 1.165) is 44.2 Å². The molecule has 0 saturated heterocycles. The second kappa shape index (κ2) is 17.8. The summed E-state index contributed by atoms with van der Waals surface area (Å²) in [5, 5.41) is 30.7. The van der Waals surface area contributed by atoms with Crippen molar-refractivity contribution in [1.29, 1.82) is 0 Å². The summed E-state index contributed by atoms with van der Waals surface area (Å²) in [6.07, 6.45) is 10.2. The van der Waals surface area contributed by atoms with Crippen molar-refractivity contribution in [2.45, 2.75) is 57.2 Å². The molecule has 1 amide bonds. The molecule has 23 heteroatoms. The zero-order valence-corrected chi connectivity index (χ0v) is 36.5. The van der Waals surface area contributed by atoms with E-state index in [2.05, 4.69) is 45.8 Å². The molecule has 4 aliphatic carbocycles. The SMILES string of the molecule is Cl.Nc1cnc(-c2cc(-c3ccon3)n(Cc3cccc(F)c3F)n2)nc1N.Nc1nc(-c2cc(-c3ccon3)n(Cc3cccc(F)c3F)n2)ncc1NC(=O)C12CC3CC(CC(O)(C3)C1)C2. The molecule has 2 aromatic carbocycles. The van der Waals surface area contributed by atoms with Gasteiger partial charge in [0.05, 0.1) is 53.6 Å². The third-order valence-corrected chi connectivity index (χ3v) is 12.5. The molecule has 2 unspecified atom stereocenters. The van der Waals surface area contributed by atoms with Gasteiger partial charge >= 0.3 is 0 Å². The largest absolute Gasteiger partial charge is 0.394 e. The number of nitrogens with two attached hydrogens (primary N) is 3. The van der Waals surface area contributed by atoms with Crippen LogP contribution in [0.25, 0.3) is 45.8 Å². The second-order valence-electron chi connectivity index (χ2n) is 17.3. The number of aliphatic hydroxyl groups is 1. The van der Waals surface area contributed by atoms with Gasteiger partial charge in [-0.05, 0) is 74.6 Å². The maximum Gasteiger partial charge on any atom is 0.230 e. The molecule has 8 aromatic rings. The number of nitrogen functional groups attached to an aromatic ring is 3. The number of nitrogens with zero attached hydrogens (tertiary/aromatic N) is 10. The van der Waals surface area contributed by atoms with Crippen molar-refractivity contribution in [3.8, 4) is 45.8 Å². The summed E-state index contributed by atoms with van der Waals surface area (Å²) in [7, 11) is 0. The lowest BCUT2D eigenvalue weighted by molar-refractivity contribution is -0.174. The molecule has 4 saturated carbocycles. The molecule has 18 nitrogen and oxygen atoms in total. The molecule has 68 heavy (non-hydrogen) atoms. The van der Waals surface area contributed by atoms with Gasteiger partial charge in [-0.15, -0.1) is 12.4 Å². The Bertz CT molecular complexity index is 3130. The van der Waals surface area contributed by atoms with E-state index >= 15 is 0 Å². The molecule has 0 spiro atoms. The van der Waals surface area contributed by atoms with Gasteiger partial charge < -0.3 is 36.7 Å². The summed E-state index contributed by atoms with van der Waals surface area (Å²) in [6.45, 7) is -0.109. The van der Waals surface area contributed by atoms with Crippen LogP contribution in [0.1, 0.15) is 49.7 Å². The standard InChI is InChI=1S/C28H27F2N7O3.C17H13F2N7O.ClH/c29-18-3-1-2-17(23(18)30)13-37-22(19-4-5-40-36-19)7-20(35-37)25-32-12-21(24(31)34-25)33-26(38)27-8-15-6-16(9-27)11-28(39,10-15)14-27;18-10-3-1-2-9(15(10)19)8-26-14(12-4-5-27-25-12)6-13(24-26)17-22-7-11(20)16(21)23-17;/h1-5,7,12,15-16,39H,6,8-11,13-14H2,(H,33,38)(H2,31,32,34);1-7H,8,20H2,(H2,21,22,23);1H. The van der Waals surface area contributed by atoms with Gasteiger partial charge in [-0.3, -0.25) is 14.2 Å².